The van der Waals surface area contributed by atoms with Gasteiger partial charge in [-0.2, -0.15) is 0 Å². The molecule has 2 aromatic carbocycles. The van der Waals surface area contributed by atoms with Crippen LogP contribution in [0.3, 0.4) is 0 Å². The van der Waals surface area contributed by atoms with Crippen molar-refractivity contribution in [1.29, 1.82) is 0 Å². The van der Waals surface area contributed by atoms with Crippen LogP contribution in [0.2, 0.25) is 5.02 Å². The molecular formula is C16H17ClN2O3S. The van der Waals surface area contributed by atoms with Crippen LogP contribution in [0, 0.1) is 6.92 Å². The lowest BCUT2D eigenvalue weighted by molar-refractivity contribution is -0.114. The van der Waals surface area contributed by atoms with Crippen LogP contribution >= 0.6 is 11.6 Å². The summed E-state index contributed by atoms with van der Waals surface area (Å²) in [4.78, 5) is 11.1. The minimum atomic E-state index is -3.70. The minimum absolute atomic E-state index is 0.130. The Balaban J connectivity index is 2.33. The van der Waals surface area contributed by atoms with Gasteiger partial charge < -0.3 is 5.32 Å². The number of nitrogens with zero attached hydrogens (tertiary/aromatic N) is 1. The number of carbonyl (C=O) groups is 1. The summed E-state index contributed by atoms with van der Waals surface area (Å²) in [5, 5.41) is 3.10. The topological polar surface area (TPSA) is 66.5 Å². The molecule has 1 amide bonds. The third-order valence-corrected chi connectivity index (χ3v) is 5.56. The molecule has 0 heterocycles. The second kappa shape index (κ2) is 6.60. The fourth-order valence-electron chi connectivity index (χ4n) is 1.99. The van der Waals surface area contributed by atoms with E-state index in [1.54, 1.807) is 30.3 Å². The lowest BCUT2D eigenvalue weighted by atomic mass is 10.2. The molecule has 0 bridgehead atoms. The van der Waals surface area contributed by atoms with Gasteiger partial charge in [0.2, 0.25) is 5.91 Å². The van der Waals surface area contributed by atoms with Crippen LogP contribution in [-0.2, 0) is 14.8 Å². The van der Waals surface area contributed by atoms with Crippen molar-refractivity contribution in [1.82, 2.24) is 0 Å². The summed E-state index contributed by atoms with van der Waals surface area (Å²) < 4.78 is 26.5. The number of hydrogen-bond acceptors (Lipinski definition) is 3. The Morgan fingerprint density at radius 3 is 2.26 bits per heavy atom. The largest absolute Gasteiger partial charge is 0.326 e. The molecule has 2 aromatic rings. The molecule has 0 aromatic heterocycles. The zero-order chi connectivity index (χ0) is 17.2. The fraction of sp³-hybridized carbons (Fsp3) is 0.188. The molecule has 0 spiro atoms. The molecule has 0 unspecified atom stereocenters. The Kier molecular flexibility index (Phi) is 4.97. The first-order valence-corrected chi connectivity index (χ1v) is 8.66. The van der Waals surface area contributed by atoms with E-state index >= 15 is 0 Å². The summed E-state index contributed by atoms with van der Waals surface area (Å²) in [6, 6.07) is 11.1. The Hall–Kier alpha value is -2.05. The summed E-state index contributed by atoms with van der Waals surface area (Å²) in [6.45, 7) is 3.24. The molecule has 0 atom stereocenters. The van der Waals surface area contributed by atoms with E-state index in [-0.39, 0.29) is 10.8 Å². The van der Waals surface area contributed by atoms with Crippen molar-refractivity contribution in [2.45, 2.75) is 18.7 Å². The highest BCUT2D eigenvalue weighted by atomic mass is 35.5. The van der Waals surface area contributed by atoms with Gasteiger partial charge in [0.25, 0.3) is 10.0 Å². The molecule has 0 saturated carbocycles. The molecule has 2 rings (SSSR count). The van der Waals surface area contributed by atoms with Crippen LogP contribution in [-0.4, -0.2) is 21.4 Å². The second-order valence-electron chi connectivity index (χ2n) is 5.11. The number of aryl methyl sites for hydroxylation is 1. The van der Waals surface area contributed by atoms with E-state index in [0.717, 1.165) is 5.56 Å². The van der Waals surface area contributed by atoms with Gasteiger partial charge in [-0.25, -0.2) is 8.42 Å². The smallest absolute Gasteiger partial charge is 0.264 e. The summed E-state index contributed by atoms with van der Waals surface area (Å²) in [7, 11) is -2.23. The van der Waals surface area contributed by atoms with Crippen LogP contribution in [0.4, 0.5) is 11.4 Å². The van der Waals surface area contributed by atoms with Gasteiger partial charge in [-0.05, 0) is 48.9 Å². The number of benzene rings is 2. The fourth-order valence-corrected chi connectivity index (χ4v) is 3.35. The Morgan fingerprint density at radius 2 is 1.74 bits per heavy atom. The highest BCUT2D eigenvalue weighted by molar-refractivity contribution is 7.92. The van der Waals surface area contributed by atoms with E-state index in [0.29, 0.717) is 16.4 Å². The van der Waals surface area contributed by atoms with E-state index in [2.05, 4.69) is 5.32 Å². The third-order valence-electron chi connectivity index (χ3n) is 3.35. The van der Waals surface area contributed by atoms with Crippen molar-refractivity contribution in [3.8, 4) is 0 Å². The first-order valence-electron chi connectivity index (χ1n) is 6.84. The van der Waals surface area contributed by atoms with Crippen molar-refractivity contribution in [3.63, 3.8) is 0 Å². The summed E-state index contributed by atoms with van der Waals surface area (Å²) >= 11 is 6.06. The number of nitrogens with one attached hydrogen (secondary N) is 1. The van der Waals surface area contributed by atoms with Crippen molar-refractivity contribution >= 4 is 38.9 Å². The molecule has 122 valence electrons. The van der Waals surface area contributed by atoms with Gasteiger partial charge in [0, 0.05) is 24.7 Å². The third kappa shape index (κ3) is 3.83. The molecule has 7 heteroatoms. The minimum Gasteiger partial charge on any atom is -0.326 e. The van der Waals surface area contributed by atoms with Gasteiger partial charge in [-0.3, -0.25) is 9.10 Å². The maximum Gasteiger partial charge on any atom is 0.264 e. The molecule has 0 fully saturated rings. The van der Waals surface area contributed by atoms with Crippen molar-refractivity contribution < 1.29 is 13.2 Å². The monoisotopic (exact) mass is 352 g/mol. The van der Waals surface area contributed by atoms with Crippen molar-refractivity contribution in [3.05, 3.63) is 53.1 Å². The highest BCUT2D eigenvalue weighted by Gasteiger charge is 2.21. The number of sulfonamides is 1. The molecule has 5 nitrogen and oxygen atoms in total. The average Bonchev–Trinajstić information content (AvgIpc) is 2.49. The molecule has 0 radical (unpaired) electrons. The zero-order valence-electron chi connectivity index (χ0n) is 13.0. The number of hydrogen-bond donors (Lipinski definition) is 1. The summed E-state index contributed by atoms with van der Waals surface area (Å²) in [5.74, 6) is -0.216. The summed E-state index contributed by atoms with van der Waals surface area (Å²) in [6.07, 6.45) is 0. The Labute approximate surface area is 140 Å². The number of rotatable bonds is 4. The molecule has 0 saturated heterocycles. The molecule has 0 aliphatic heterocycles. The van der Waals surface area contributed by atoms with Gasteiger partial charge in [-0.15, -0.1) is 0 Å². The van der Waals surface area contributed by atoms with E-state index in [9.17, 15) is 13.2 Å². The molecular weight excluding hydrogens is 336 g/mol. The number of anilines is 2. The number of halogens is 1. The van der Waals surface area contributed by atoms with Crippen LogP contribution in [0.1, 0.15) is 12.5 Å². The first-order chi connectivity index (χ1) is 10.7. The standard InChI is InChI=1S/C16H17ClN2O3S/c1-11-4-7-14(10-16(11)17)19(3)23(21,22)15-8-5-13(6-9-15)18-12(2)20/h4-10H,1-3H3,(H,18,20). The molecule has 0 aliphatic carbocycles. The van der Waals surface area contributed by atoms with Crippen LogP contribution in [0.5, 0.6) is 0 Å². The van der Waals surface area contributed by atoms with Crippen molar-refractivity contribution in [2.75, 3.05) is 16.7 Å². The van der Waals surface area contributed by atoms with E-state index in [4.69, 9.17) is 11.6 Å². The lowest BCUT2D eigenvalue weighted by Crippen LogP contribution is -2.26. The predicted molar refractivity (Wildman–Crippen MR) is 92.5 cm³/mol. The quantitative estimate of drug-likeness (QED) is 0.916. The molecule has 1 N–H and O–H groups in total. The maximum atomic E-state index is 12.7. The lowest BCUT2D eigenvalue weighted by Gasteiger charge is -2.20. The maximum absolute atomic E-state index is 12.7. The second-order valence-corrected chi connectivity index (χ2v) is 7.49. The van der Waals surface area contributed by atoms with E-state index in [1.807, 2.05) is 6.92 Å². The molecule has 23 heavy (non-hydrogen) atoms. The van der Waals surface area contributed by atoms with E-state index in [1.165, 1.54) is 30.4 Å². The Bertz CT molecular complexity index is 833. The highest BCUT2D eigenvalue weighted by Crippen LogP contribution is 2.27. The normalized spacial score (nSPS) is 11.1. The number of amides is 1. The predicted octanol–water partition coefficient (Wildman–Crippen LogP) is 3.43. The van der Waals surface area contributed by atoms with Crippen molar-refractivity contribution in [2.24, 2.45) is 0 Å². The van der Waals surface area contributed by atoms with Gasteiger partial charge in [0.1, 0.15) is 0 Å². The molecule has 0 aliphatic rings. The SMILES string of the molecule is CC(=O)Nc1ccc(S(=O)(=O)N(C)c2ccc(C)c(Cl)c2)cc1. The number of carbonyl (C=O) groups excluding carboxylic acids is 1. The van der Waals surface area contributed by atoms with Gasteiger partial charge in [-0.1, -0.05) is 17.7 Å². The first kappa shape index (κ1) is 17.3. The van der Waals surface area contributed by atoms with Crippen LogP contribution in [0.15, 0.2) is 47.4 Å². The average molecular weight is 353 g/mol. The van der Waals surface area contributed by atoms with E-state index < -0.39 is 10.0 Å². The Morgan fingerprint density at radius 1 is 1.13 bits per heavy atom. The van der Waals surface area contributed by atoms with Gasteiger partial charge in [0.15, 0.2) is 0 Å². The van der Waals surface area contributed by atoms with Gasteiger partial charge in [0.05, 0.1) is 10.6 Å². The summed E-state index contributed by atoms with van der Waals surface area (Å²) in [5.41, 5.74) is 1.89. The van der Waals surface area contributed by atoms with Gasteiger partial charge >= 0.3 is 0 Å². The van der Waals surface area contributed by atoms with Crippen LogP contribution < -0.4 is 9.62 Å². The zero-order valence-corrected chi connectivity index (χ0v) is 14.6. The van der Waals surface area contributed by atoms with Crippen LogP contribution in [0.25, 0.3) is 0 Å².